The van der Waals surface area contributed by atoms with E-state index in [0.717, 1.165) is 22.4 Å². The highest BCUT2D eigenvalue weighted by atomic mass is 79.9. The summed E-state index contributed by atoms with van der Waals surface area (Å²) in [5, 5.41) is 3.41. The first kappa shape index (κ1) is 13.1. The van der Waals surface area contributed by atoms with E-state index in [1.165, 1.54) is 16.7 Å². The Morgan fingerprint density at radius 2 is 1.89 bits per heavy atom. The van der Waals surface area contributed by atoms with Gasteiger partial charge in [-0.25, -0.2) is 4.98 Å². The molecule has 0 aliphatic heterocycles. The Hall–Kier alpha value is -1.35. The van der Waals surface area contributed by atoms with E-state index in [-0.39, 0.29) is 0 Å². The summed E-state index contributed by atoms with van der Waals surface area (Å²) in [7, 11) is 0. The lowest BCUT2D eigenvalue weighted by Crippen LogP contribution is -2.02. The summed E-state index contributed by atoms with van der Waals surface area (Å²) in [5.41, 5.74) is 6.13. The van der Waals surface area contributed by atoms with Crippen LogP contribution in [0.3, 0.4) is 0 Å². The van der Waals surface area contributed by atoms with E-state index in [1.54, 1.807) is 0 Å². The molecule has 0 amide bonds. The molecule has 94 valence electrons. The summed E-state index contributed by atoms with van der Waals surface area (Å²) in [6, 6.07) is 8.63. The van der Waals surface area contributed by atoms with Gasteiger partial charge in [-0.3, -0.25) is 0 Å². The molecule has 0 fully saturated rings. The Labute approximate surface area is 117 Å². The third-order valence-electron chi connectivity index (χ3n) is 3.00. The molecule has 2 rings (SSSR count). The van der Waals surface area contributed by atoms with E-state index in [2.05, 4.69) is 64.3 Å². The van der Waals surface area contributed by atoms with Crippen LogP contribution in [-0.4, -0.2) is 4.98 Å². The maximum atomic E-state index is 4.29. The number of halogens is 1. The molecule has 18 heavy (non-hydrogen) atoms. The zero-order valence-corrected chi connectivity index (χ0v) is 12.5. The molecular formula is C15H17BrN2. The van der Waals surface area contributed by atoms with Gasteiger partial charge in [-0.05, 0) is 59.5 Å². The number of aryl methyl sites for hydroxylation is 3. The second kappa shape index (κ2) is 5.53. The third kappa shape index (κ3) is 3.10. The fraction of sp³-hybridized carbons (Fsp3) is 0.267. The second-order valence-electron chi connectivity index (χ2n) is 4.62. The fourth-order valence-corrected chi connectivity index (χ4v) is 2.06. The summed E-state index contributed by atoms with van der Waals surface area (Å²) in [4.78, 5) is 4.29. The van der Waals surface area contributed by atoms with Crippen LogP contribution in [0.2, 0.25) is 0 Å². The molecule has 2 aromatic rings. The summed E-state index contributed by atoms with van der Waals surface area (Å²) in [6.07, 6.45) is 1.85. The molecule has 0 bridgehead atoms. The van der Waals surface area contributed by atoms with Gasteiger partial charge < -0.3 is 5.32 Å². The predicted molar refractivity (Wildman–Crippen MR) is 79.9 cm³/mol. The molecule has 0 saturated carbocycles. The average Bonchev–Trinajstić information content (AvgIpc) is 2.34. The van der Waals surface area contributed by atoms with Crippen LogP contribution in [-0.2, 0) is 6.54 Å². The zero-order chi connectivity index (χ0) is 13.1. The van der Waals surface area contributed by atoms with Gasteiger partial charge in [0.1, 0.15) is 4.60 Å². The smallest absolute Gasteiger partial charge is 0.109 e. The van der Waals surface area contributed by atoms with Gasteiger partial charge in [-0.1, -0.05) is 23.8 Å². The molecule has 1 N–H and O–H groups in total. The third-order valence-corrected chi connectivity index (χ3v) is 3.83. The minimum atomic E-state index is 0.830. The van der Waals surface area contributed by atoms with E-state index in [9.17, 15) is 0 Å². The number of anilines is 1. The monoisotopic (exact) mass is 304 g/mol. The molecule has 0 spiro atoms. The summed E-state index contributed by atoms with van der Waals surface area (Å²) in [5.74, 6) is 0. The molecule has 0 aliphatic carbocycles. The fourth-order valence-electron chi connectivity index (χ4n) is 1.84. The summed E-state index contributed by atoms with van der Waals surface area (Å²) in [6.45, 7) is 7.13. The van der Waals surface area contributed by atoms with E-state index in [0.29, 0.717) is 0 Å². The van der Waals surface area contributed by atoms with Gasteiger partial charge in [-0.15, -0.1) is 0 Å². The zero-order valence-electron chi connectivity index (χ0n) is 10.9. The van der Waals surface area contributed by atoms with Crippen LogP contribution in [0.4, 0.5) is 5.69 Å². The normalized spacial score (nSPS) is 10.4. The molecule has 1 aromatic heterocycles. The molecule has 2 nitrogen and oxygen atoms in total. The van der Waals surface area contributed by atoms with Crippen LogP contribution in [0.15, 0.2) is 35.1 Å². The van der Waals surface area contributed by atoms with Gasteiger partial charge in [0.05, 0.1) is 11.9 Å². The standard InChI is InChI=1S/C15H17BrN2/c1-10-4-5-11(2)13(6-10)8-17-14-7-12(3)15(16)18-9-14/h4-7,9,17H,8H2,1-3H3. The Morgan fingerprint density at radius 3 is 2.61 bits per heavy atom. The highest BCUT2D eigenvalue weighted by Gasteiger charge is 2.01. The van der Waals surface area contributed by atoms with E-state index >= 15 is 0 Å². The topological polar surface area (TPSA) is 24.9 Å². The van der Waals surface area contributed by atoms with Crippen molar-refractivity contribution in [2.45, 2.75) is 27.3 Å². The summed E-state index contributed by atoms with van der Waals surface area (Å²) < 4.78 is 0.903. The molecule has 0 saturated heterocycles. The first-order chi connectivity index (χ1) is 8.56. The highest BCUT2D eigenvalue weighted by Crippen LogP contribution is 2.18. The molecule has 0 atom stereocenters. The molecular weight excluding hydrogens is 288 g/mol. The Balaban J connectivity index is 2.11. The Morgan fingerprint density at radius 1 is 1.11 bits per heavy atom. The van der Waals surface area contributed by atoms with Crippen LogP contribution < -0.4 is 5.32 Å². The number of nitrogens with one attached hydrogen (secondary N) is 1. The molecule has 0 aliphatic rings. The van der Waals surface area contributed by atoms with Gasteiger partial charge in [0, 0.05) is 6.54 Å². The number of hydrogen-bond donors (Lipinski definition) is 1. The first-order valence-electron chi connectivity index (χ1n) is 5.98. The van der Waals surface area contributed by atoms with Gasteiger partial charge in [0.15, 0.2) is 0 Å². The van der Waals surface area contributed by atoms with Crippen LogP contribution in [0, 0.1) is 20.8 Å². The van der Waals surface area contributed by atoms with E-state index in [1.807, 2.05) is 13.1 Å². The van der Waals surface area contributed by atoms with Crippen molar-refractivity contribution in [2.24, 2.45) is 0 Å². The van der Waals surface area contributed by atoms with Gasteiger partial charge in [-0.2, -0.15) is 0 Å². The SMILES string of the molecule is Cc1ccc(C)c(CNc2cnc(Br)c(C)c2)c1. The number of aromatic nitrogens is 1. The number of benzene rings is 1. The summed E-state index contributed by atoms with van der Waals surface area (Å²) >= 11 is 3.41. The molecule has 1 aromatic carbocycles. The van der Waals surface area contributed by atoms with Crippen molar-refractivity contribution in [3.63, 3.8) is 0 Å². The largest absolute Gasteiger partial charge is 0.380 e. The van der Waals surface area contributed by atoms with Gasteiger partial charge in [0.2, 0.25) is 0 Å². The van der Waals surface area contributed by atoms with Crippen LogP contribution in [0.5, 0.6) is 0 Å². The van der Waals surface area contributed by atoms with Crippen molar-refractivity contribution < 1.29 is 0 Å². The van der Waals surface area contributed by atoms with Gasteiger partial charge >= 0.3 is 0 Å². The molecule has 1 heterocycles. The van der Waals surface area contributed by atoms with Crippen molar-refractivity contribution in [3.05, 3.63) is 57.3 Å². The Bertz CT molecular complexity index is 564. The molecule has 3 heteroatoms. The maximum absolute atomic E-state index is 4.29. The maximum Gasteiger partial charge on any atom is 0.109 e. The van der Waals surface area contributed by atoms with Crippen molar-refractivity contribution in [3.8, 4) is 0 Å². The number of rotatable bonds is 3. The minimum Gasteiger partial charge on any atom is -0.380 e. The van der Waals surface area contributed by atoms with Crippen LogP contribution in [0.1, 0.15) is 22.3 Å². The second-order valence-corrected chi connectivity index (χ2v) is 5.37. The highest BCUT2D eigenvalue weighted by molar-refractivity contribution is 9.10. The lowest BCUT2D eigenvalue weighted by atomic mass is 10.1. The lowest BCUT2D eigenvalue weighted by molar-refractivity contribution is 1.09. The first-order valence-corrected chi connectivity index (χ1v) is 6.77. The number of hydrogen-bond acceptors (Lipinski definition) is 2. The van der Waals surface area contributed by atoms with Crippen LogP contribution in [0.25, 0.3) is 0 Å². The molecule has 0 radical (unpaired) electrons. The predicted octanol–water partition coefficient (Wildman–Crippen LogP) is 4.38. The minimum absolute atomic E-state index is 0.830. The Kier molecular flexibility index (Phi) is 4.02. The number of nitrogens with zero attached hydrogens (tertiary/aromatic N) is 1. The van der Waals surface area contributed by atoms with Crippen molar-refractivity contribution in [1.29, 1.82) is 0 Å². The van der Waals surface area contributed by atoms with Crippen molar-refractivity contribution >= 4 is 21.6 Å². The van der Waals surface area contributed by atoms with Crippen molar-refractivity contribution in [2.75, 3.05) is 5.32 Å². The van der Waals surface area contributed by atoms with Crippen LogP contribution >= 0.6 is 15.9 Å². The molecule has 0 unspecified atom stereocenters. The number of pyridine rings is 1. The lowest BCUT2D eigenvalue weighted by Gasteiger charge is -2.10. The average molecular weight is 305 g/mol. The quantitative estimate of drug-likeness (QED) is 0.851. The van der Waals surface area contributed by atoms with E-state index in [4.69, 9.17) is 0 Å². The van der Waals surface area contributed by atoms with E-state index < -0.39 is 0 Å². The van der Waals surface area contributed by atoms with Crippen molar-refractivity contribution in [1.82, 2.24) is 4.98 Å². The van der Waals surface area contributed by atoms with Gasteiger partial charge in [0.25, 0.3) is 0 Å².